The van der Waals surface area contributed by atoms with Crippen molar-refractivity contribution in [1.29, 1.82) is 0 Å². The molecule has 2 atom stereocenters. The summed E-state index contributed by atoms with van der Waals surface area (Å²) >= 11 is 1.55. The van der Waals surface area contributed by atoms with Crippen LogP contribution in [0.1, 0.15) is 26.7 Å². The zero-order chi connectivity index (χ0) is 13.4. The topological polar surface area (TPSA) is 92.4 Å². The molecule has 0 aliphatic heterocycles. The smallest absolute Gasteiger partial charge is 0.326 e. The van der Waals surface area contributed by atoms with Crippen LogP contribution in [0.4, 0.5) is 0 Å². The lowest BCUT2D eigenvalue weighted by Gasteiger charge is -2.18. The summed E-state index contributed by atoms with van der Waals surface area (Å²) in [5.41, 5.74) is 5.76. The first-order valence-corrected chi connectivity index (χ1v) is 7.04. The Labute approximate surface area is 107 Å². The molecule has 0 rings (SSSR count). The van der Waals surface area contributed by atoms with Crippen molar-refractivity contribution in [3.8, 4) is 0 Å². The van der Waals surface area contributed by atoms with E-state index in [2.05, 4.69) is 5.32 Å². The summed E-state index contributed by atoms with van der Waals surface area (Å²) in [6, 6.07) is -1.04. The Morgan fingerprint density at radius 3 is 2.41 bits per heavy atom. The van der Waals surface area contributed by atoms with Crippen LogP contribution in [0.15, 0.2) is 0 Å². The maximum absolute atomic E-state index is 11.6. The SMILES string of the molecule is CSCC[C@H](NC(=O)CC(N)C(C)C)C(=O)O. The Bertz CT molecular complexity index is 259. The van der Waals surface area contributed by atoms with Gasteiger partial charge in [-0.3, -0.25) is 4.79 Å². The zero-order valence-corrected chi connectivity index (χ0v) is 11.4. The highest BCUT2D eigenvalue weighted by atomic mass is 32.2. The second-order valence-corrected chi connectivity index (χ2v) is 5.34. The highest BCUT2D eigenvalue weighted by Crippen LogP contribution is 2.05. The van der Waals surface area contributed by atoms with Crippen molar-refractivity contribution in [2.45, 2.75) is 38.8 Å². The summed E-state index contributed by atoms with van der Waals surface area (Å²) in [5.74, 6) is -0.381. The van der Waals surface area contributed by atoms with Gasteiger partial charge in [-0.05, 0) is 24.3 Å². The third-order valence-corrected chi connectivity index (χ3v) is 3.17. The van der Waals surface area contributed by atoms with Gasteiger partial charge in [-0.25, -0.2) is 4.79 Å². The van der Waals surface area contributed by atoms with E-state index in [1.54, 1.807) is 11.8 Å². The third kappa shape index (κ3) is 7.23. The van der Waals surface area contributed by atoms with Crippen molar-refractivity contribution in [1.82, 2.24) is 5.32 Å². The lowest BCUT2D eigenvalue weighted by atomic mass is 10.0. The molecule has 17 heavy (non-hydrogen) atoms. The fourth-order valence-electron chi connectivity index (χ4n) is 1.20. The lowest BCUT2D eigenvalue weighted by molar-refractivity contribution is -0.141. The standard InChI is InChI=1S/C11H22N2O3S/c1-7(2)8(12)6-10(14)13-9(11(15)16)4-5-17-3/h7-9H,4-6,12H2,1-3H3,(H,13,14)(H,15,16)/t8?,9-/m0/s1. The van der Waals surface area contributed by atoms with Gasteiger partial charge in [0.05, 0.1) is 0 Å². The summed E-state index contributed by atoms with van der Waals surface area (Å²) in [6.07, 6.45) is 2.50. The number of carboxylic acid groups (broad SMARTS) is 1. The Kier molecular flexibility index (Phi) is 7.99. The van der Waals surface area contributed by atoms with Gasteiger partial charge in [-0.15, -0.1) is 0 Å². The van der Waals surface area contributed by atoms with E-state index in [9.17, 15) is 9.59 Å². The number of hydrogen-bond donors (Lipinski definition) is 3. The van der Waals surface area contributed by atoms with Crippen LogP contribution in [0.5, 0.6) is 0 Å². The van der Waals surface area contributed by atoms with E-state index in [0.29, 0.717) is 12.2 Å². The molecule has 1 unspecified atom stereocenters. The van der Waals surface area contributed by atoms with E-state index in [-0.39, 0.29) is 24.3 Å². The van der Waals surface area contributed by atoms with Crippen molar-refractivity contribution in [3.05, 3.63) is 0 Å². The number of aliphatic carboxylic acids is 1. The second kappa shape index (κ2) is 8.36. The molecular weight excluding hydrogens is 240 g/mol. The molecule has 0 aromatic heterocycles. The summed E-state index contributed by atoms with van der Waals surface area (Å²) in [6.45, 7) is 3.86. The third-order valence-electron chi connectivity index (χ3n) is 2.52. The molecular formula is C11H22N2O3S. The molecule has 5 nitrogen and oxygen atoms in total. The molecule has 0 heterocycles. The number of rotatable bonds is 8. The van der Waals surface area contributed by atoms with Crippen LogP contribution >= 0.6 is 11.8 Å². The minimum Gasteiger partial charge on any atom is -0.480 e. The van der Waals surface area contributed by atoms with Crippen molar-refractivity contribution in [2.75, 3.05) is 12.0 Å². The van der Waals surface area contributed by atoms with Crippen LogP contribution in [-0.2, 0) is 9.59 Å². The molecule has 0 aliphatic rings. The van der Waals surface area contributed by atoms with Crippen LogP contribution in [0, 0.1) is 5.92 Å². The Morgan fingerprint density at radius 2 is 2.00 bits per heavy atom. The molecule has 1 amide bonds. The molecule has 0 bridgehead atoms. The number of carbonyl (C=O) groups is 2. The van der Waals surface area contributed by atoms with Gasteiger partial charge in [-0.2, -0.15) is 11.8 Å². The summed E-state index contributed by atoms with van der Waals surface area (Å²) in [5, 5.41) is 11.4. The molecule has 100 valence electrons. The molecule has 0 radical (unpaired) electrons. The average Bonchev–Trinajstić information content (AvgIpc) is 2.23. The first-order valence-electron chi connectivity index (χ1n) is 5.65. The second-order valence-electron chi connectivity index (χ2n) is 4.35. The molecule has 6 heteroatoms. The van der Waals surface area contributed by atoms with Gasteiger partial charge >= 0.3 is 5.97 Å². The first kappa shape index (κ1) is 16.2. The number of nitrogens with two attached hydrogens (primary N) is 1. The van der Waals surface area contributed by atoms with Crippen LogP contribution in [0.25, 0.3) is 0 Å². The molecule has 0 spiro atoms. The van der Waals surface area contributed by atoms with Crippen LogP contribution in [0.3, 0.4) is 0 Å². The van der Waals surface area contributed by atoms with Gasteiger partial charge in [0.2, 0.25) is 5.91 Å². The normalized spacial score (nSPS) is 14.4. The van der Waals surface area contributed by atoms with Gasteiger partial charge in [0, 0.05) is 12.5 Å². The van der Waals surface area contributed by atoms with Gasteiger partial charge in [-0.1, -0.05) is 13.8 Å². The Morgan fingerprint density at radius 1 is 1.41 bits per heavy atom. The van der Waals surface area contributed by atoms with Crippen LogP contribution in [0.2, 0.25) is 0 Å². The monoisotopic (exact) mass is 262 g/mol. The van der Waals surface area contributed by atoms with Crippen molar-refractivity contribution in [2.24, 2.45) is 11.7 Å². The minimum absolute atomic E-state index is 0.167. The minimum atomic E-state index is -0.995. The zero-order valence-electron chi connectivity index (χ0n) is 10.6. The van der Waals surface area contributed by atoms with E-state index in [0.717, 1.165) is 0 Å². The van der Waals surface area contributed by atoms with Gasteiger partial charge in [0.15, 0.2) is 0 Å². The average molecular weight is 262 g/mol. The fourth-order valence-corrected chi connectivity index (χ4v) is 1.67. The number of hydrogen-bond acceptors (Lipinski definition) is 4. The van der Waals surface area contributed by atoms with E-state index in [4.69, 9.17) is 10.8 Å². The van der Waals surface area contributed by atoms with Gasteiger partial charge < -0.3 is 16.2 Å². The quantitative estimate of drug-likeness (QED) is 0.598. The number of thioether (sulfide) groups is 1. The van der Waals surface area contributed by atoms with Crippen molar-refractivity contribution >= 4 is 23.6 Å². The number of carbonyl (C=O) groups excluding carboxylic acids is 1. The molecule has 0 fully saturated rings. The van der Waals surface area contributed by atoms with E-state index < -0.39 is 12.0 Å². The number of carboxylic acids is 1. The summed E-state index contributed by atoms with van der Waals surface area (Å²) < 4.78 is 0. The molecule has 0 aromatic rings. The molecule has 4 N–H and O–H groups in total. The number of amides is 1. The van der Waals surface area contributed by atoms with E-state index in [1.165, 1.54) is 0 Å². The predicted molar refractivity (Wildman–Crippen MR) is 70.0 cm³/mol. The summed E-state index contributed by atoms with van der Waals surface area (Å²) in [7, 11) is 0. The van der Waals surface area contributed by atoms with Gasteiger partial charge in [0.25, 0.3) is 0 Å². The fraction of sp³-hybridized carbons (Fsp3) is 0.818. The van der Waals surface area contributed by atoms with E-state index >= 15 is 0 Å². The highest BCUT2D eigenvalue weighted by Gasteiger charge is 2.21. The van der Waals surface area contributed by atoms with E-state index in [1.807, 2.05) is 20.1 Å². The molecule has 0 saturated carbocycles. The molecule has 0 aromatic carbocycles. The number of nitrogens with one attached hydrogen (secondary N) is 1. The largest absolute Gasteiger partial charge is 0.480 e. The van der Waals surface area contributed by atoms with Crippen LogP contribution < -0.4 is 11.1 Å². The highest BCUT2D eigenvalue weighted by molar-refractivity contribution is 7.98. The van der Waals surface area contributed by atoms with Crippen molar-refractivity contribution in [3.63, 3.8) is 0 Å². The summed E-state index contributed by atoms with van der Waals surface area (Å²) in [4.78, 5) is 22.5. The van der Waals surface area contributed by atoms with Crippen molar-refractivity contribution < 1.29 is 14.7 Å². The first-order chi connectivity index (χ1) is 7.88. The predicted octanol–water partition coefficient (Wildman–Crippen LogP) is 0.682. The lowest BCUT2D eigenvalue weighted by Crippen LogP contribution is -2.44. The molecule has 0 aliphatic carbocycles. The Balaban J connectivity index is 4.16. The van der Waals surface area contributed by atoms with Crippen LogP contribution in [-0.4, -0.2) is 41.1 Å². The Hall–Kier alpha value is -0.750. The van der Waals surface area contributed by atoms with Gasteiger partial charge in [0.1, 0.15) is 6.04 Å². The maximum atomic E-state index is 11.6. The molecule has 0 saturated heterocycles. The maximum Gasteiger partial charge on any atom is 0.326 e.